The SMILES string of the molecule is COc1ccc(C(C)=O)cc1CC(=O)OCC(=O)c1ccc(NC(C)=O)cc1. The summed E-state index contributed by atoms with van der Waals surface area (Å²) in [7, 11) is 1.46. The van der Waals surface area contributed by atoms with E-state index in [1.807, 2.05) is 0 Å². The van der Waals surface area contributed by atoms with E-state index < -0.39 is 12.6 Å². The predicted molar refractivity (Wildman–Crippen MR) is 103 cm³/mol. The molecule has 0 heterocycles. The van der Waals surface area contributed by atoms with Crippen molar-refractivity contribution in [1.82, 2.24) is 0 Å². The van der Waals surface area contributed by atoms with Crippen molar-refractivity contribution in [1.29, 1.82) is 0 Å². The lowest BCUT2D eigenvalue weighted by molar-refractivity contribution is -0.141. The molecular formula is C21H21NO6. The quantitative estimate of drug-likeness (QED) is 0.556. The van der Waals surface area contributed by atoms with Gasteiger partial charge in [0.25, 0.3) is 0 Å². The summed E-state index contributed by atoms with van der Waals surface area (Å²) in [4.78, 5) is 46.8. The highest BCUT2D eigenvalue weighted by atomic mass is 16.5. The van der Waals surface area contributed by atoms with E-state index >= 15 is 0 Å². The zero-order chi connectivity index (χ0) is 20.7. The minimum Gasteiger partial charge on any atom is -0.496 e. The van der Waals surface area contributed by atoms with E-state index in [1.54, 1.807) is 42.5 Å². The summed E-state index contributed by atoms with van der Waals surface area (Å²) >= 11 is 0. The number of hydrogen-bond acceptors (Lipinski definition) is 6. The molecule has 0 radical (unpaired) electrons. The fraction of sp³-hybridized carbons (Fsp3) is 0.238. The number of ether oxygens (including phenoxy) is 2. The summed E-state index contributed by atoms with van der Waals surface area (Å²) < 4.78 is 10.3. The van der Waals surface area contributed by atoms with E-state index in [9.17, 15) is 19.2 Å². The van der Waals surface area contributed by atoms with Gasteiger partial charge in [0.15, 0.2) is 18.2 Å². The molecule has 2 rings (SSSR count). The molecule has 0 fully saturated rings. The Morgan fingerprint density at radius 2 is 1.57 bits per heavy atom. The molecule has 0 saturated heterocycles. The Balaban J connectivity index is 1.96. The van der Waals surface area contributed by atoms with Crippen LogP contribution in [0.4, 0.5) is 5.69 Å². The number of methoxy groups -OCH3 is 1. The third kappa shape index (κ3) is 5.77. The van der Waals surface area contributed by atoms with Crippen LogP contribution in [0.5, 0.6) is 5.75 Å². The molecule has 2 aromatic rings. The van der Waals surface area contributed by atoms with E-state index in [4.69, 9.17) is 9.47 Å². The van der Waals surface area contributed by atoms with Crippen LogP contribution in [-0.4, -0.2) is 37.2 Å². The number of rotatable bonds is 8. The van der Waals surface area contributed by atoms with Gasteiger partial charge in [0.05, 0.1) is 13.5 Å². The largest absolute Gasteiger partial charge is 0.496 e. The topological polar surface area (TPSA) is 98.8 Å². The van der Waals surface area contributed by atoms with Crippen molar-refractivity contribution >= 4 is 29.1 Å². The first kappa shape index (κ1) is 20.8. The van der Waals surface area contributed by atoms with E-state index in [1.165, 1.54) is 21.0 Å². The first-order chi connectivity index (χ1) is 13.3. The van der Waals surface area contributed by atoms with Gasteiger partial charge in [0.1, 0.15) is 5.75 Å². The lowest BCUT2D eigenvalue weighted by atomic mass is 10.0. The first-order valence-corrected chi connectivity index (χ1v) is 8.54. The number of nitrogens with one attached hydrogen (secondary N) is 1. The van der Waals surface area contributed by atoms with Crippen molar-refractivity contribution in [2.45, 2.75) is 20.3 Å². The molecule has 2 aromatic carbocycles. The minimum absolute atomic E-state index is 0.126. The first-order valence-electron chi connectivity index (χ1n) is 8.54. The second kappa shape index (κ2) is 9.45. The molecule has 28 heavy (non-hydrogen) atoms. The number of hydrogen-bond donors (Lipinski definition) is 1. The molecule has 7 nitrogen and oxygen atoms in total. The highest BCUT2D eigenvalue weighted by Gasteiger charge is 2.14. The Bertz CT molecular complexity index is 902. The van der Waals surface area contributed by atoms with Crippen molar-refractivity contribution in [2.24, 2.45) is 0 Å². The summed E-state index contributed by atoms with van der Waals surface area (Å²) in [6.07, 6.45) is -0.126. The number of anilines is 1. The number of ketones is 2. The third-order valence-corrected chi connectivity index (χ3v) is 3.91. The second-order valence-corrected chi connectivity index (χ2v) is 6.10. The molecule has 0 unspecified atom stereocenters. The van der Waals surface area contributed by atoms with Crippen LogP contribution < -0.4 is 10.1 Å². The summed E-state index contributed by atoms with van der Waals surface area (Å²) in [6, 6.07) is 11.1. The van der Waals surface area contributed by atoms with Gasteiger partial charge in [0, 0.05) is 29.3 Å². The standard InChI is InChI=1S/C21H21NO6/c1-13(23)16-6-9-20(27-3)17(10-16)11-21(26)28-12-19(25)15-4-7-18(8-5-15)22-14(2)24/h4-10H,11-12H2,1-3H3,(H,22,24). The van der Waals surface area contributed by atoms with Crippen LogP contribution in [0, 0.1) is 0 Å². The normalized spacial score (nSPS) is 10.1. The zero-order valence-corrected chi connectivity index (χ0v) is 15.9. The molecule has 0 atom stereocenters. The third-order valence-electron chi connectivity index (χ3n) is 3.91. The van der Waals surface area contributed by atoms with Gasteiger partial charge in [-0.25, -0.2) is 0 Å². The van der Waals surface area contributed by atoms with Crippen LogP contribution in [0.1, 0.15) is 40.1 Å². The van der Waals surface area contributed by atoms with E-state index in [-0.39, 0.29) is 23.9 Å². The molecule has 1 amide bonds. The Morgan fingerprint density at radius 1 is 0.929 bits per heavy atom. The van der Waals surface area contributed by atoms with Crippen LogP contribution in [-0.2, 0) is 20.7 Å². The van der Waals surface area contributed by atoms with Crippen LogP contribution in [0.15, 0.2) is 42.5 Å². The van der Waals surface area contributed by atoms with Gasteiger partial charge in [0.2, 0.25) is 5.91 Å². The summed E-state index contributed by atoms with van der Waals surface area (Å²) in [5.74, 6) is -0.858. The molecule has 0 aliphatic rings. The van der Waals surface area contributed by atoms with Crippen LogP contribution in [0.3, 0.4) is 0 Å². The van der Waals surface area contributed by atoms with Gasteiger partial charge < -0.3 is 14.8 Å². The molecule has 1 N–H and O–H groups in total. The highest BCUT2D eigenvalue weighted by molar-refractivity contribution is 5.99. The molecule has 0 spiro atoms. The van der Waals surface area contributed by atoms with E-state index in [2.05, 4.69) is 5.32 Å². The fourth-order valence-electron chi connectivity index (χ4n) is 2.51. The van der Waals surface area contributed by atoms with Crippen molar-refractivity contribution in [3.63, 3.8) is 0 Å². The molecule has 0 aliphatic heterocycles. The summed E-state index contributed by atoms with van der Waals surface area (Å²) in [5, 5.41) is 2.60. The molecular weight excluding hydrogens is 362 g/mol. The number of carbonyl (C=O) groups excluding carboxylic acids is 4. The molecule has 146 valence electrons. The Hall–Kier alpha value is -3.48. The molecule has 0 aromatic heterocycles. The van der Waals surface area contributed by atoms with Gasteiger partial charge in [-0.3, -0.25) is 19.2 Å². The van der Waals surface area contributed by atoms with E-state index in [0.717, 1.165) is 0 Å². The van der Waals surface area contributed by atoms with Crippen LogP contribution in [0.2, 0.25) is 0 Å². The van der Waals surface area contributed by atoms with Gasteiger partial charge >= 0.3 is 5.97 Å². The van der Waals surface area contributed by atoms with Crippen LogP contribution in [0.25, 0.3) is 0 Å². The number of Topliss-reactive ketones (excluding diaryl/α,β-unsaturated/α-hetero) is 2. The molecule has 0 bridgehead atoms. The predicted octanol–water partition coefficient (Wildman–Crippen LogP) is 2.82. The monoisotopic (exact) mass is 383 g/mol. The lowest BCUT2D eigenvalue weighted by Crippen LogP contribution is -2.16. The van der Waals surface area contributed by atoms with Crippen molar-refractivity contribution in [3.05, 3.63) is 59.2 Å². The number of benzene rings is 2. The molecule has 0 saturated carbocycles. The highest BCUT2D eigenvalue weighted by Crippen LogP contribution is 2.21. The molecule has 0 aliphatic carbocycles. The minimum atomic E-state index is -0.609. The average Bonchev–Trinajstić information content (AvgIpc) is 2.66. The number of carbonyl (C=O) groups is 4. The maximum atomic E-state index is 12.2. The Kier molecular flexibility index (Phi) is 7.03. The van der Waals surface area contributed by atoms with Crippen molar-refractivity contribution < 1.29 is 28.7 Å². The van der Waals surface area contributed by atoms with Crippen LogP contribution >= 0.6 is 0 Å². The Morgan fingerprint density at radius 3 is 2.14 bits per heavy atom. The van der Waals surface area contributed by atoms with Crippen molar-refractivity contribution in [2.75, 3.05) is 19.0 Å². The average molecular weight is 383 g/mol. The fourth-order valence-corrected chi connectivity index (χ4v) is 2.51. The smallest absolute Gasteiger partial charge is 0.310 e. The lowest BCUT2D eigenvalue weighted by Gasteiger charge is -2.10. The van der Waals surface area contributed by atoms with E-state index in [0.29, 0.717) is 28.1 Å². The Labute approximate surface area is 162 Å². The van der Waals surface area contributed by atoms with Crippen molar-refractivity contribution in [3.8, 4) is 5.75 Å². The number of amides is 1. The second-order valence-electron chi connectivity index (χ2n) is 6.10. The summed E-state index contributed by atoms with van der Waals surface area (Å²) in [6.45, 7) is 2.41. The van der Waals surface area contributed by atoms with Gasteiger partial charge in [-0.1, -0.05) is 0 Å². The molecule has 7 heteroatoms. The van der Waals surface area contributed by atoms with Gasteiger partial charge in [-0.05, 0) is 49.4 Å². The maximum Gasteiger partial charge on any atom is 0.310 e. The van der Waals surface area contributed by atoms with Gasteiger partial charge in [-0.2, -0.15) is 0 Å². The number of esters is 1. The summed E-state index contributed by atoms with van der Waals surface area (Å²) in [5.41, 5.74) is 1.89. The maximum absolute atomic E-state index is 12.2. The zero-order valence-electron chi connectivity index (χ0n) is 15.9. The van der Waals surface area contributed by atoms with Gasteiger partial charge in [-0.15, -0.1) is 0 Å².